The minimum atomic E-state index is 0.575. The van der Waals surface area contributed by atoms with Crippen molar-refractivity contribution in [3.63, 3.8) is 0 Å². The van der Waals surface area contributed by atoms with Crippen molar-refractivity contribution >= 4 is 10.8 Å². The topological polar surface area (TPSA) is 44.4 Å². The average Bonchev–Trinajstić information content (AvgIpc) is 3.16. The maximum absolute atomic E-state index is 5.34. The number of nitrogens with zero attached hydrogens (tertiary/aromatic N) is 3. The lowest BCUT2D eigenvalue weighted by Gasteiger charge is -2.42. The third-order valence-corrected chi connectivity index (χ3v) is 5.93. The van der Waals surface area contributed by atoms with E-state index in [0.29, 0.717) is 12.0 Å². The number of benzene rings is 2. The molecule has 0 spiro atoms. The van der Waals surface area contributed by atoms with Gasteiger partial charge in [-0.05, 0) is 41.9 Å². The molecule has 1 aliphatic rings. The van der Waals surface area contributed by atoms with Crippen LogP contribution < -0.4 is 4.74 Å². The van der Waals surface area contributed by atoms with Gasteiger partial charge in [-0.25, -0.2) is 0 Å². The summed E-state index contributed by atoms with van der Waals surface area (Å²) in [6.07, 6.45) is 1.99. The molecular weight excluding hydrogens is 348 g/mol. The normalized spacial score (nSPS) is 18.8. The average molecular weight is 379 g/mol. The van der Waals surface area contributed by atoms with Crippen LogP contribution in [0.3, 0.4) is 0 Å². The lowest BCUT2D eigenvalue weighted by molar-refractivity contribution is 0.0572. The summed E-state index contributed by atoms with van der Waals surface area (Å²) in [5.41, 5.74) is 3.57. The number of rotatable bonds is 5. The number of likely N-dealkylation sites (N-methyl/N-ethyl adjacent to an activating group) is 1. The largest absolute Gasteiger partial charge is 0.497 e. The van der Waals surface area contributed by atoms with Crippen LogP contribution in [0, 0.1) is 5.92 Å². The number of methoxy groups -OCH3 is 1. The van der Waals surface area contributed by atoms with Gasteiger partial charge in [-0.2, -0.15) is 5.10 Å². The van der Waals surface area contributed by atoms with Gasteiger partial charge in [-0.1, -0.05) is 32.0 Å². The standard InChI is InChI=1S/C23H30N4O/c1-16(2)22-15-26(3)9-10-27(22)14-20-13-24-25-23(20)19-6-5-18-12-21(28-4)8-7-17(18)11-19/h5-8,11-13,16,22H,9-10,14-15H2,1-4H3,(H,24,25)/t22-/m1/s1. The quantitative estimate of drug-likeness (QED) is 0.729. The van der Waals surface area contributed by atoms with E-state index in [-0.39, 0.29) is 0 Å². The molecule has 4 rings (SSSR count). The van der Waals surface area contributed by atoms with E-state index < -0.39 is 0 Å². The summed E-state index contributed by atoms with van der Waals surface area (Å²) in [6.45, 7) is 8.93. The molecule has 0 radical (unpaired) electrons. The van der Waals surface area contributed by atoms with E-state index in [2.05, 4.69) is 71.2 Å². The fourth-order valence-electron chi connectivity index (χ4n) is 4.23. The third-order valence-electron chi connectivity index (χ3n) is 5.93. The molecular formula is C23H30N4O. The molecule has 0 unspecified atom stereocenters. The second kappa shape index (κ2) is 7.94. The maximum Gasteiger partial charge on any atom is 0.119 e. The van der Waals surface area contributed by atoms with E-state index in [1.165, 1.54) is 21.9 Å². The van der Waals surface area contributed by atoms with Crippen LogP contribution in [-0.2, 0) is 6.54 Å². The number of H-pyrrole nitrogens is 1. The van der Waals surface area contributed by atoms with Crippen molar-refractivity contribution < 1.29 is 4.74 Å². The molecule has 1 fully saturated rings. The molecule has 3 aromatic rings. The number of hydrogen-bond acceptors (Lipinski definition) is 4. The Bertz CT molecular complexity index is 949. The molecule has 1 N–H and O–H groups in total. The van der Waals surface area contributed by atoms with Crippen LogP contribution in [0.2, 0.25) is 0 Å². The fraction of sp³-hybridized carbons (Fsp3) is 0.435. The molecule has 28 heavy (non-hydrogen) atoms. The first-order chi connectivity index (χ1) is 13.5. The van der Waals surface area contributed by atoms with E-state index in [1.54, 1.807) is 7.11 Å². The van der Waals surface area contributed by atoms with Crippen molar-refractivity contribution in [2.75, 3.05) is 33.8 Å². The van der Waals surface area contributed by atoms with Gasteiger partial charge in [0.1, 0.15) is 5.75 Å². The van der Waals surface area contributed by atoms with Crippen LogP contribution in [0.1, 0.15) is 19.4 Å². The van der Waals surface area contributed by atoms with Gasteiger partial charge in [-0.15, -0.1) is 0 Å². The number of aromatic amines is 1. The van der Waals surface area contributed by atoms with Crippen LogP contribution in [0.15, 0.2) is 42.6 Å². The zero-order valence-electron chi connectivity index (χ0n) is 17.3. The number of fused-ring (bicyclic) bond motifs is 1. The van der Waals surface area contributed by atoms with E-state index in [9.17, 15) is 0 Å². The minimum absolute atomic E-state index is 0.575. The molecule has 1 atom stereocenters. The van der Waals surface area contributed by atoms with Gasteiger partial charge in [0.15, 0.2) is 0 Å². The highest BCUT2D eigenvalue weighted by molar-refractivity contribution is 5.88. The van der Waals surface area contributed by atoms with Gasteiger partial charge in [0.05, 0.1) is 19.0 Å². The summed E-state index contributed by atoms with van der Waals surface area (Å²) in [6, 6.07) is 13.3. The first-order valence-electron chi connectivity index (χ1n) is 10.1. The van der Waals surface area contributed by atoms with Crippen molar-refractivity contribution in [2.24, 2.45) is 5.92 Å². The molecule has 0 amide bonds. The number of ether oxygens (including phenoxy) is 1. The molecule has 1 aliphatic heterocycles. The molecule has 2 aromatic carbocycles. The molecule has 0 bridgehead atoms. The summed E-state index contributed by atoms with van der Waals surface area (Å²) >= 11 is 0. The lowest BCUT2D eigenvalue weighted by atomic mass is 9.98. The van der Waals surface area contributed by atoms with E-state index in [4.69, 9.17) is 4.74 Å². The number of piperazine rings is 1. The van der Waals surface area contributed by atoms with Crippen LogP contribution in [0.25, 0.3) is 22.0 Å². The Morgan fingerprint density at radius 1 is 1.14 bits per heavy atom. The Kier molecular flexibility index (Phi) is 5.38. The molecule has 0 saturated carbocycles. The van der Waals surface area contributed by atoms with Crippen LogP contribution in [0.4, 0.5) is 0 Å². The van der Waals surface area contributed by atoms with Gasteiger partial charge in [0.2, 0.25) is 0 Å². The lowest BCUT2D eigenvalue weighted by Crippen LogP contribution is -2.53. The zero-order chi connectivity index (χ0) is 19.7. The highest BCUT2D eigenvalue weighted by Gasteiger charge is 2.28. The van der Waals surface area contributed by atoms with E-state index >= 15 is 0 Å². The third kappa shape index (κ3) is 3.77. The molecule has 148 valence electrons. The summed E-state index contributed by atoms with van der Waals surface area (Å²) in [4.78, 5) is 5.06. The summed E-state index contributed by atoms with van der Waals surface area (Å²) < 4.78 is 5.34. The van der Waals surface area contributed by atoms with Crippen molar-refractivity contribution in [3.05, 3.63) is 48.2 Å². The first kappa shape index (κ1) is 19.0. The van der Waals surface area contributed by atoms with Crippen LogP contribution in [-0.4, -0.2) is 59.8 Å². The number of hydrogen-bond donors (Lipinski definition) is 1. The van der Waals surface area contributed by atoms with Gasteiger partial charge >= 0.3 is 0 Å². The molecule has 1 saturated heterocycles. The SMILES string of the molecule is COc1ccc2cc(-c3[nH]ncc3CN3CCN(C)C[C@@H]3C(C)C)ccc2c1. The molecule has 0 aliphatic carbocycles. The van der Waals surface area contributed by atoms with Gasteiger partial charge < -0.3 is 9.64 Å². The van der Waals surface area contributed by atoms with Crippen LogP contribution in [0.5, 0.6) is 5.75 Å². The van der Waals surface area contributed by atoms with Gasteiger partial charge in [0, 0.05) is 43.3 Å². The smallest absolute Gasteiger partial charge is 0.119 e. The summed E-state index contributed by atoms with van der Waals surface area (Å²) in [5.74, 6) is 1.52. The predicted molar refractivity (Wildman–Crippen MR) is 115 cm³/mol. The van der Waals surface area contributed by atoms with Crippen molar-refractivity contribution in [1.82, 2.24) is 20.0 Å². The molecule has 1 aromatic heterocycles. The molecule has 5 heteroatoms. The van der Waals surface area contributed by atoms with E-state index in [1.807, 2.05) is 12.3 Å². The molecule has 2 heterocycles. The zero-order valence-corrected chi connectivity index (χ0v) is 17.3. The first-order valence-corrected chi connectivity index (χ1v) is 10.1. The summed E-state index contributed by atoms with van der Waals surface area (Å²) in [7, 11) is 3.93. The van der Waals surface area contributed by atoms with Crippen molar-refractivity contribution in [3.8, 4) is 17.0 Å². The highest BCUT2D eigenvalue weighted by Crippen LogP contribution is 2.29. The fourth-order valence-corrected chi connectivity index (χ4v) is 4.23. The Hall–Kier alpha value is -2.37. The second-order valence-electron chi connectivity index (χ2n) is 8.24. The van der Waals surface area contributed by atoms with Crippen molar-refractivity contribution in [1.29, 1.82) is 0 Å². The Morgan fingerprint density at radius 3 is 2.71 bits per heavy atom. The van der Waals surface area contributed by atoms with Gasteiger partial charge in [-0.3, -0.25) is 10.00 Å². The van der Waals surface area contributed by atoms with Crippen molar-refractivity contribution in [2.45, 2.75) is 26.4 Å². The monoisotopic (exact) mass is 378 g/mol. The summed E-state index contributed by atoms with van der Waals surface area (Å²) in [5, 5.41) is 10.0. The Labute approximate surface area is 167 Å². The van der Waals surface area contributed by atoms with Crippen LogP contribution >= 0.6 is 0 Å². The second-order valence-corrected chi connectivity index (χ2v) is 8.24. The Balaban J connectivity index is 1.61. The number of aromatic nitrogens is 2. The maximum atomic E-state index is 5.34. The molecule has 5 nitrogen and oxygen atoms in total. The predicted octanol–water partition coefficient (Wildman–Crippen LogP) is 4.01. The number of nitrogens with one attached hydrogen (secondary N) is 1. The minimum Gasteiger partial charge on any atom is -0.497 e. The van der Waals surface area contributed by atoms with E-state index in [0.717, 1.165) is 37.6 Å². The highest BCUT2D eigenvalue weighted by atomic mass is 16.5. The Morgan fingerprint density at radius 2 is 1.93 bits per heavy atom. The van der Waals surface area contributed by atoms with Gasteiger partial charge in [0.25, 0.3) is 0 Å².